The van der Waals surface area contributed by atoms with Gasteiger partial charge in [-0.15, -0.1) is 0 Å². The number of piperidine rings is 1. The highest BCUT2D eigenvalue weighted by Gasteiger charge is 2.28. The van der Waals surface area contributed by atoms with Crippen LogP contribution in [-0.4, -0.2) is 32.7 Å². The van der Waals surface area contributed by atoms with E-state index in [0.29, 0.717) is 10.9 Å². The molecule has 1 aliphatic rings. The van der Waals surface area contributed by atoms with Crippen molar-refractivity contribution in [3.63, 3.8) is 0 Å². The minimum atomic E-state index is -0.0600. The maximum Gasteiger partial charge on any atom is 0.327 e. The minimum absolute atomic E-state index is 0.00235. The van der Waals surface area contributed by atoms with E-state index in [0.717, 1.165) is 53.6 Å². The molecule has 0 saturated carbocycles. The van der Waals surface area contributed by atoms with E-state index < -0.39 is 0 Å². The van der Waals surface area contributed by atoms with Gasteiger partial charge in [-0.25, -0.2) is 4.79 Å². The predicted molar refractivity (Wildman–Crippen MR) is 110 cm³/mol. The lowest BCUT2D eigenvalue weighted by Crippen LogP contribution is -2.40. The van der Waals surface area contributed by atoms with Crippen molar-refractivity contribution in [1.29, 1.82) is 0 Å². The van der Waals surface area contributed by atoms with Gasteiger partial charge < -0.3 is 9.51 Å². The van der Waals surface area contributed by atoms with Crippen LogP contribution in [-0.2, 0) is 0 Å². The lowest BCUT2D eigenvalue weighted by molar-refractivity contribution is 0.117. The van der Waals surface area contributed by atoms with Gasteiger partial charge in [0.25, 0.3) is 0 Å². The van der Waals surface area contributed by atoms with Crippen LogP contribution in [0.2, 0.25) is 5.02 Å². The highest BCUT2D eigenvalue weighted by atomic mass is 35.5. The Morgan fingerprint density at radius 2 is 2.00 bits per heavy atom. The van der Waals surface area contributed by atoms with Crippen LogP contribution >= 0.6 is 11.6 Å². The van der Waals surface area contributed by atoms with Crippen LogP contribution in [0.4, 0.5) is 0 Å². The number of para-hydroxylation sites is 2. The number of hydrogen-bond donors (Lipinski definition) is 1. The summed E-state index contributed by atoms with van der Waals surface area (Å²) in [5.74, 6) is 0.352. The molecule has 1 aliphatic heterocycles. The topological polar surface area (TPSA) is 67.1 Å². The van der Waals surface area contributed by atoms with Crippen molar-refractivity contribution >= 4 is 33.6 Å². The first-order valence-corrected chi connectivity index (χ1v) is 9.98. The zero-order valence-corrected chi connectivity index (χ0v) is 16.3. The lowest BCUT2D eigenvalue weighted by atomic mass is 9.91. The molecule has 0 bridgehead atoms. The molecule has 4 aromatic rings. The second-order valence-electron chi connectivity index (χ2n) is 7.47. The smallest absolute Gasteiger partial charge is 0.327 e. The van der Waals surface area contributed by atoms with Crippen molar-refractivity contribution < 1.29 is 4.52 Å². The average molecular weight is 397 g/mol. The van der Waals surface area contributed by atoms with Gasteiger partial charge >= 0.3 is 5.69 Å². The van der Waals surface area contributed by atoms with Crippen LogP contribution in [0.1, 0.15) is 37.5 Å². The van der Waals surface area contributed by atoms with Gasteiger partial charge in [0.15, 0.2) is 5.58 Å². The highest BCUT2D eigenvalue weighted by Crippen LogP contribution is 2.35. The zero-order chi connectivity index (χ0) is 19.3. The van der Waals surface area contributed by atoms with Crippen LogP contribution in [0.15, 0.2) is 51.8 Å². The second kappa shape index (κ2) is 6.79. The van der Waals surface area contributed by atoms with Gasteiger partial charge in [0.2, 0.25) is 0 Å². The van der Waals surface area contributed by atoms with E-state index in [1.807, 2.05) is 47.0 Å². The van der Waals surface area contributed by atoms with Crippen LogP contribution in [0.25, 0.3) is 22.0 Å². The zero-order valence-electron chi connectivity index (χ0n) is 15.6. The Morgan fingerprint density at radius 1 is 1.21 bits per heavy atom. The quantitative estimate of drug-likeness (QED) is 0.552. The van der Waals surface area contributed by atoms with Gasteiger partial charge in [-0.05, 0) is 44.0 Å². The maximum absolute atomic E-state index is 12.5. The molecular weight excluding hydrogens is 376 g/mol. The Morgan fingerprint density at radius 3 is 2.82 bits per heavy atom. The first kappa shape index (κ1) is 17.5. The van der Waals surface area contributed by atoms with Crippen molar-refractivity contribution in [2.24, 2.45) is 0 Å². The molecule has 2 aromatic carbocycles. The SMILES string of the molecule is CC(N1CCC(c2noc3cc(Cl)ccc23)CC1)n1c(=O)[nH]c2ccccc21. The summed E-state index contributed by atoms with van der Waals surface area (Å²) >= 11 is 6.05. The molecule has 0 aliphatic carbocycles. The molecular formula is C21H21ClN4O2. The molecule has 5 rings (SSSR count). The Balaban J connectivity index is 1.36. The Hall–Kier alpha value is -2.57. The van der Waals surface area contributed by atoms with Crippen molar-refractivity contribution in [3.8, 4) is 0 Å². The molecule has 3 heterocycles. The molecule has 0 amide bonds. The van der Waals surface area contributed by atoms with Gasteiger partial charge in [0, 0.05) is 35.5 Å². The monoisotopic (exact) mass is 396 g/mol. The van der Waals surface area contributed by atoms with E-state index in [9.17, 15) is 4.79 Å². The molecule has 144 valence electrons. The molecule has 1 saturated heterocycles. The summed E-state index contributed by atoms with van der Waals surface area (Å²) in [7, 11) is 0. The number of fused-ring (bicyclic) bond motifs is 2. The number of H-pyrrole nitrogens is 1. The molecule has 1 N–H and O–H groups in total. The van der Waals surface area contributed by atoms with Gasteiger partial charge in [-0.1, -0.05) is 28.9 Å². The first-order chi connectivity index (χ1) is 13.6. The Labute approximate surface area is 166 Å². The number of aromatic nitrogens is 3. The summed E-state index contributed by atoms with van der Waals surface area (Å²) in [6.07, 6.45) is 1.95. The number of imidazole rings is 1. The van der Waals surface area contributed by atoms with E-state index in [1.54, 1.807) is 0 Å². The second-order valence-corrected chi connectivity index (χ2v) is 7.90. The highest BCUT2D eigenvalue weighted by molar-refractivity contribution is 6.31. The fraction of sp³-hybridized carbons (Fsp3) is 0.333. The number of aromatic amines is 1. The van der Waals surface area contributed by atoms with Crippen molar-refractivity contribution in [2.45, 2.75) is 31.8 Å². The number of nitrogens with one attached hydrogen (secondary N) is 1. The van der Waals surface area contributed by atoms with Gasteiger partial charge in [0.05, 0.1) is 22.9 Å². The number of halogens is 1. The van der Waals surface area contributed by atoms with E-state index in [1.165, 1.54) is 0 Å². The molecule has 2 aromatic heterocycles. The van der Waals surface area contributed by atoms with E-state index in [2.05, 4.69) is 22.0 Å². The largest absolute Gasteiger partial charge is 0.356 e. The molecule has 1 atom stereocenters. The van der Waals surface area contributed by atoms with Gasteiger partial charge in [0.1, 0.15) is 0 Å². The molecule has 0 radical (unpaired) electrons. The van der Waals surface area contributed by atoms with E-state index in [-0.39, 0.29) is 11.9 Å². The Bertz CT molecular complexity index is 1200. The predicted octanol–water partition coefficient (Wildman–Crippen LogP) is 4.52. The van der Waals surface area contributed by atoms with Crippen LogP contribution in [0, 0.1) is 0 Å². The molecule has 6 nitrogen and oxygen atoms in total. The van der Waals surface area contributed by atoms with Crippen LogP contribution < -0.4 is 5.69 Å². The van der Waals surface area contributed by atoms with Crippen LogP contribution in [0.5, 0.6) is 0 Å². The standard InChI is InChI=1S/C21H21ClN4O2/c1-13(26-18-5-3-2-4-17(18)23-21(26)27)25-10-8-14(9-11-25)20-16-7-6-15(22)12-19(16)28-24-20/h2-7,12-14H,8-11H2,1H3,(H,23,27). The van der Waals surface area contributed by atoms with E-state index in [4.69, 9.17) is 16.1 Å². The Kier molecular flexibility index (Phi) is 4.25. The third-order valence-corrected chi connectivity index (χ3v) is 6.14. The third kappa shape index (κ3) is 2.84. The maximum atomic E-state index is 12.5. The lowest BCUT2D eigenvalue weighted by Gasteiger charge is -2.35. The number of nitrogens with zero attached hydrogens (tertiary/aromatic N) is 3. The fourth-order valence-electron chi connectivity index (χ4n) is 4.38. The molecule has 7 heteroatoms. The number of rotatable bonds is 3. The molecule has 28 heavy (non-hydrogen) atoms. The molecule has 1 fully saturated rings. The summed E-state index contributed by atoms with van der Waals surface area (Å²) in [6.45, 7) is 3.90. The summed E-state index contributed by atoms with van der Waals surface area (Å²) in [4.78, 5) is 17.8. The number of likely N-dealkylation sites (tertiary alicyclic amines) is 1. The molecule has 0 spiro atoms. The number of hydrogen-bond acceptors (Lipinski definition) is 4. The van der Waals surface area contributed by atoms with Gasteiger partial charge in [-0.3, -0.25) is 9.47 Å². The van der Waals surface area contributed by atoms with Gasteiger partial charge in [-0.2, -0.15) is 0 Å². The third-order valence-electron chi connectivity index (χ3n) is 5.90. The summed E-state index contributed by atoms with van der Waals surface area (Å²) in [6, 6.07) is 13.5. The molecule has 1 unspecified atom stereocenters. The van der Waals surface area contributed by atoms with Crippen LogP contribution in [0.3, 0.4) is 0 Å². The minimum Gasteiger partial charge on any atom is -0.356 e. The fourth-order valence-corrected chi connectivity index (χ4v) is 4.54. The summed E-state index contributed by atoms with van der Waals surface area (Å²) < 4.78 is 7.33. The van der Waals surface area contributed by atoms with Crippen molar-refractivity contribution in [1.82, 2.24) is 19.6 Å². The van der Waals surface area contributed by atoms with Crippen molar-refractivity contribution in [3.05, 3.63) is 63.7 Å². The average Bonchev–Trinajstić information content (AvgIpc) is 3.27. The summed E-state index contributed by atoms with van der Waals surface area (Å²) in [5.41, 5.74) is 3.52. The normalized spacial score (nSPS) is 17.5. The summed E-state index contributed by atoms with van der Waals surface area (Å²) in [5, 5.41) is 6.02. The van der Waals surface area contributed by atoms with E-state index >= 15 is 0 Å². The number of benzene rings is 2. The van der Waals surface area contributed by atoms with Crippen molar-refractivity contribution in [2.75, 3.05) is 13.1 Å². The first-order valence-electron chi connectivity index (χ1n) is 9.60.